The molecular formula is C16H15BrClNO2. The molecule has 21 heavy (non-hydrogen) atoms. The van der Waals surface area contributed by atoms with E-state index in [4.69, 9.17) is 16.3 Å². The first kappa shape index (κ1) is 15.9. The van der Waals surface area contributed by atoms with Crippen LogP contribution in [-0.2, 0) is 4.79 Å². The highest BCUT2D eigenvalue weighted by molar-refractivity contribution is 9.10. The number of ether oxygens (including phenoxy) is 1. The molecule has 0 aromatic heterocycles. The molecule has 0 aliphatic rings. The van der Waals surface area contributed by atoms with Crippen molar-refractivity contribution >= 4 is 39.1 Å². The quantitative estimate of drug-likeness (QED) is 0.840. The summed E-state index contributed by atoms with van der Waals surface area (Å²) in [4.78, 5) is 12.1. The maximum Gasteiger partial charge on any atom is 0.265 e. The molecular weight excluding hydrogens is 354 g/mol. The number of rotatable bonds is 4. The lowest BCUT2D eigenvalue weighted by molar-refractivity contribution is -0.122. The zero-order valence-electron chi connectivity index (χ0n) is 11.7. The van der Waals surface area contributed by atoms with Crippen molar-refractivity contribution in [2.45, 2.75) is 20.0 Å². The van der Waals surface area contributed by atoms with Gasteiger partial charge in [0.25, 0.3) is 5.91 Å². The van der Waals surface area contributed by atoms with Crippen molar-refractivity contribution in [3.8, 4) is 5.75 Å². The van der Waals surface area contributed by atoms with Gasteiger partial charge in [0.1, 0.15) is 5.75 Å². The second kappa shape index (κ2) is 6.96. The van der Waals surface area contributed by atoms with Gasteiger partial charge < -0.3 is 10.1 Å². The standard InChI is InChI=1S/C16H15BrClNO2/c1-10-8-13(18)6-7-15(10)21-11(2)16(20)19-14-5-3-4-12(17)9-14/h3-9,11H,1-2H3,(H,19,20). The summed E-state index contributed by atoms with van der Waals surface area (Å²) in [7, 11) is 0. The fraction of sp³-hybridized carbons (Fsp3) is 0.188. The van der Waals surface area contributed by atoms with E-state index in [0.29, 0.717) is 10.8 Å². The molecule has 0 aliphatic carbocycles. The van der Waals surface area contributed by atoms with Gasteiger partial charge in [0.2, 0.25) is 0 Å². The summed E-state index contributed by atoms with van der Waals surface area (Å²) in [6.07, 6.45) is -0.608. The second-order valence-corrected chi connectivity index (χ2v) is 6.02. The second-order valence-electron chi connectivity index (χ2n) is 4.67. The fourth-order valence-electron chi connectivity index (χ4n) is 1.80. The van der Waals surface area contributed by atoms with Gasteiger partial charge in [-0.15, -0.1) is 0 Å². The van der Waals surface area contributed by atoms with Crippen LogP contribution < -0.4 is 10.1 Å². The van der Waals surface area contributed by atoms with Crippen LogP contribution in [0.3, 0.4) is 0 Å². The zero-order valence-corrected chi connectivity index (χ0v) is 14.0. The minimum Gasteiger partial charge on any atom is -0.481 e. The van der Waals surface area contributed by atoms with E-state index in [0.717, 1.165) is 15.7 Å². The predicted octanol–water partition coefficient (Wildman–Crippen LogP) is 4.82. The van der Waals surface area contributed by atoms with Crippen LogP contribution in [-0.4, -0.2) is 12.0 Å². The Kier molecular flexibility index (Phi) is 5.26. The van der Waals surface area contributed by atoms with Crippen LogP contribution in [0, 0.1) is 6.92 Å². The number of amides is 1. The Labute approximate surface area is 137 Å². The van der Waals surface area contributed by atoms with Crippen LogP contribution in [0.4, 0.5) is 5.69 Å². The number of carbonyl (C=O) groups is 1. The van der Waals surface area contributed by atoms with Crippen molar-refractivity contribution in [1.29, 1.82) is 0 Å². The van der Waals surface area contributed by atoms with Gasteiger partial charge >= 0.3 is 0 Å². The molecule has 110 valence electrons. The van der Waals surface area contributed by atoms with Crippen molar-refractivity contribution in [3.05, 3.63) is 57.5 Å². The van der Waals surface area contributed by atoms with Crippen LogP contribution in [0.1, 0.15) is 12.5 Å². The molecule has 3 nitrogen and oxygen atoms in total. The Hall–Kier alpha value is -1.52. The van der Waals surface area contributed by atoms with Gasteiger partial charge in [-0.2, -0.15) is 0 Å². The molecule has 0 heterocycles. The number of halogens is 2. The van der Waals surface area contributed by atoms with E-state index >= 15 is 0 Å². The molecule has 0 saturated carbocycles. The molecule has 2 aromatic carbocycles. The third-order valence-electron chi connectivity index (χ3n) is 2.90. The number of carbonyl (C=O) groups excluding carboxylic acids is 1. The van der Waals surface area contributed by atoms with Crippen LogP contribution in [0.25, 0.3) is 0 Å². The monoisotopic (exact) mass is 367 g/mol. The number of nitrogens with one attached hydrogen (secondary N) is 1. The van der Waals surface area contributed by atoms with E-state index < -0.39 is 6.10 Å². The molecule has 0 radical (unpaired) electrons. The van der Waals surface area contributed by atoms with E-state index in [1.807, 2.05) is 31.2 Å². The van der Waals surface area contributed by atoms with E-state index in [1.54, 1.807) is 25.1 Å². The highest BCUT2D eigenvalue weighted by atomic mass is 79.9. The Morgan fingerprint density at radius 2 is 2.05 bits per heavy atom. The summed E-state index contributed by atoms with van der Waals surface area (Å²) < 4.78 is 6.59. The third kappa shape index (κ3) is 4.48. The summed E-state index contributed by atoms with van der Waals surface area (Å²) in [5, 5.41) is 3.46. The lowest BCUT2D eigenvalue weighted by Gasteiger charge is -2.16. The molecule has 0 bridgehead atoms. The van der Waals surface area contributed by atoms with Gasteiger partial charge in [-0.25, -0.2) is 0 Å². The van der Waals surface area contributed by atoms with Gasteiger partial charge in [0, 0.05) is 15.2 Å². The number of anilines is 1. The molecule has 0 spiro atoms. The summed E-state index contributed by atoms with van der Waals surface area (Å²) >= 11 is 9.26. The van der Waals surface area contributed by atoms with Crippen molar-refractivity contribution < 1.29 is 9.53 Å². The maximum atomic E-state index is 12.1. The Morgan fingerprint density at radius 1 is 1.29 bits per heavy atom. The van der Waals surface area contributed by atoms with Gasteiger partial charge in [-0.1, -0.05) is 33.6 Å². The van der Waals surface area contributed by atoms with Gasteiger partial charge in [-0.05, 0) is 55.8 Å². The van der Waals surface area contributed by atoms with Crippen molar-refractivity contribution in [1.82, 2.24) is 0 Å². The molecule has 2 rings (SSSR count). The molecule has 1 N–H and O–H groups in total. The first-order valence-electron chi connectivity index (χ1n) is 6.45. The van der Waals surface area contributed by atoms with Crippen LogP contribution >= 0.6 is 27.5 Å². The maximum absolute atomic E-state index is 12.1. The molecule has 1 amide bonds. The number of benzene rings is 2. The van der Waals surface area contributed by atoms with Crippen LogP contribution in [0.5, 0.6) is 5.75 Å². The molecule has 0 saturated heterocycles. The summed E-state index contributed by atoms with van der Waals surface area (Å²) in [6.45, 7) is 3.60. The number of aryl methyl sites for hydroxylation is 1. The summed E-state index contributed by atoms with van der Waals surface area (Å²) in [6, 6.07) is 12.7. The van der Waals surface area contributed by atoms with E-state index in [-0.39, 0.29) is 5.91 Å². The number of hydrogen-bond acceptors (Lipinski definition) is 2. The normalized spacial score (nSPS) is 11.8. The van der Waals surface area contributed by atoms with Gasteiger partial charge in [0.05, 0.1) is 0 Å². The highest BCUT2D eigenvalue weighted by Crippen LogP contribution is 2.23. The SMILES string of the molecule is Cc1cc(Cl)ccc1OC(C)C(=O)Nc1cccc(Br)c1. The van der Waals surface area contributed by atoms with E-state index in [2.05, 4.69) is 21.2 Å². The smallest absolute Gasteiger partial charge is 0.265 e. The van der Waals surface area contributed by atoms with Crippen molar-refractivity contribution in [2.24, 2.45) is 0 Å². The van der Waals surface area contributed by atoms with Crippen LogP contribution in [0.15, 0.2) is 46.9 Å². The topological polar surface area (TPSA) is 38.3 Å². The van der Waals surface area contributed by atoms with Crippen molar-refractivity contribution in [2.75, 3.05) is 5.32 Å². The Morgan fingerprint density at radius 3 is 2.71 bits per heavy atom. The van der Waals surface area contributed by atoms with Crippen LogP contribution in [0.2, 0.25) is 5.02 Å². The minimum atomic E-state index is -0.608. The molecule has 0 fully saturated rings. The van der Waals surface area contributed by atoms with E-state index in [9.17, 15) is 4.79 Å². The fourth-order valence-corrected chi connectivity index (χ4v) is 2.43. The Balaban J connectivity index is 2.02. The van der Waals surface area contributed by atoms with Gasteiger partial charge in [0.15, 0.2) is 6.10 Å². The molecule has 1 atom stereocenters. The molecule has 0 aliphatic heterocycles. The summed E-state index contributed by atoms with van der Waals surface area (Å²) in [5.74, 6) is 0.443. The highest BCUT2D eigenvalue weighted by Gasteiger charge is 2.16. The Bertz CT molecular complexity index is 660. The lowest BCUT2D eigenvalue weighted by atomic mass is 10.2. The minimum absolute atomic E-state index is 0.206. The first-order chi connectivity index (χ1) is 9.95. The zero-order chi connectivity index (χ0) is 15.4. The van der Waals surface area contributed by atoms with E-state index in [1.165, 1.54) is 0 Å². The molecule has 1 unspecified atom stereocenters. The average Bonchev–Trinajstić information content (AvgIpc) is 2.41. The predicted molar refractivity (Wildman–Crippen MR) is 89.1 cm³/mol. The molecule has 2 aromatic rings. The lowest BCUT2D eigenvalue weighted by Crippen LogP contribution is -2.30. The number of hydrogen-bond donors (Lipinski definition) is 1. The van der Waals surface area contributed by atoms with Gasteiger partial charge in [-0.3, -0.25) is 4.79 Å². The summed E-state index contributed by atoms with van der Waals surface area (Å²) in [5.41, 5.74) is 1.61. The third-order valence-corrected chi connectivity index (χ3v) is 3.63. The molecule has 5 heteroatoms. The largest absolute Gasteiger partial charge is 0.481 e. The van der Waals surface area contributed by atoms with Crippen molar-refractivity contribution in [3.63, 3.8) is 0 Å². The first-order valence-corrected chi connectivity index (χ1v) is 7.62. The average molecular weight is 369 g/mol.